The van der Waals surface area contributed by atoms with Crippen molar-refractivity contribution in [3.63, 3.8) is 0 Å². The molecule has 1 aliphatic heterocycles. The fourth-order valence-electron chi connectivity index (χ4n) is 2.45. The summed E-state index contributed by atoms with van der Waals surface area (Å²) in [6, 6.07) is 6.47. The van der Waals surface area contributed by atoms with Crippen LogP contribution in [0.25, 0.3) is 0 Å². The highest BCUT2D eigenvalue weighted by Gasteiger charge is 2.36. The van der Waals surface area contributed by atoms with Gasteiger partial charge in [-0.15, -0.1) is 5.06 Å². The molecular weight excluding hydrogens is 412 g/mol. The second-order valence-corrected chi connectivity index (χ2v) is 7.95. The minimum Gasteiger partial charge on any atom is -0.467 e. The Morgan fingerprint density at radius 1 is 1.17 bits per heavy atom. The Morgan fingerprint density at radius 3 is 2.40 bits per heavy atom. The fraction of sp³-hybridized carbons (Fsp3) is 0.316. The molecule has 0 aliphatic carbocycles. The normalized spacial score (nSPS) is 13.2. The molecule has 1 aromatic heterocycles. The second-order valence-electron chi connectivity index (χ2n) is 7.13. The molecule has 0 atom stereocenters. The first-order chi connectivity index (χ1) is 14.2. The molecule has 3 amide bonds. The zero-order valence-corrected chi connectivity index (χ0v) is 17.4. The van der Waals surface area contributed by atoms with Gasteiger partial charge in [-0.05, 0) is 32.9 Å². The summed E-state index contributed by atoms with van der Waals surface area (Å²) in [5.41, 5.74) is 0.121. The first-order valence-electron chi connectivity index (χ1n) is 8.93. The molecule has 158 valence electrons. The number of alkyl carbamates (subject to hydrolysis) is 1. The topological polar surface area (TPSA) is 131 Å². The van der Waals surface area contributed by atoms with Crippen LogP contribution >= 0.6 is 11.3 Å². The van der Waals surface area contributed by atoms with Crippen LogP contribution in [0.5, 0.6) is 5.19 Å². The first kappa shape index (κ1) is 21.4. The zero-order chi connectivity index (χ0) is 21.9. The average Bonchev–Trinajstić information content (AvgIpc) is 3.22. The van der Waals surface area contributed by atoms with Crippen molar-refractivity contribution in [1.82, 2.24) is 15.4 Å². The Balaban J connectivity index is 1.45. The van der Waals surface area contributed by atoms with Gasteiger partial charge in [0, 0.05) is 5.38 Å². The van der Waals surface area contributed by atoms with Crippen LogP contribution in [-0.4, -0.2) is 52.6 Å². The van der Waals surface area contributed by atoms with Gasteiger partial charge in [0.1, 0.15) is 24.5 Å². The molecule has 0 radical (unpaired) electrons. The van der Waals surface area contributed by atoms with Crippen LogP contribution in [0, 0.1) is 5.41 Å². The summed E-state index contributed by atoms with van der Waals surface area (Å²) in [5.74, 6) is -1.26. The molecule has 3 rings (SSSR count). The van der Waals surface area contributed by atoms with Crippen LogP contribution < -0.4 is 10.1 Å². The highest BCUT2D eigenvalue weighted by atomic mass is 32.1. The van der Waals surface area contributed by atoms with E-state index in [1.807, 2.05) is 0 Å². The molecule has 10 nitrogen and oxygen atoms in total. The number of carbonyl (C=O) groups excluding carboxylic acids is 3. The lowest BCUT2D eigenvalue weighted by molar-refractivity contribution is -0.0976. The highest BCUT2D eigenvalue weighted by Crippen LogP contribution is 2.23. The van der Waals surface area contributed by atoms with Gasteiger partial charge in [-0.1, -0.05) is 23.5 Å². The number of hydrogen-bond acceptors (Lipinski definition) is 9. The number of carbonyl (C=O) groups is 3. The van der Waals surface area contributed by atoms with Gasteiger partial charge in [-0.3, -0.25) is 25.2 Å². The largest absolute Gasteiger partial charge is 0.467 e. The minimum absolute atomic E-state index is 0.0210. The van der Waals surface area contributed by atoms with Crippen molar-refractivity contribution in [2.75, 3.05) is 13.2 Å². The average molecular weight is 432 g/mol. The maximum Gasteiger partial charge on any atom is 0.413 e. The number of fused-ring (bicyclic) bond motifs is 1. The summed E-state index contributed by atoms with van der Waals surface area (Å²) in [4.78, 5) is 45.4. The smallest absolute Gasteiger partial charge is 0.413 e. The number of nitrogens with zero attached hydrogens (tertiary/aromatic N) is 2. The number of imide groups is 1. The molecule has 2 heterocycles. The van der Waals surface area contributed by atoms with E-state index in [2.05, 4.69) is 10.3 Å². The maximum atomic E-state index is 12.2. The van der Waals surface area contributed by atoms with Crippen LogP contribution in [-0.2, 0) is 9.57 Å². The van der Waals surface area contributed by atoms with E-state index >= 15 is 0 Å². The van der Waals surface area contributed by atoms with Crippen molar-refractivity contribution in [3.05, 3.63) is 46.5 Å². The molecule has 0 saturated carbocycles. The van der Waals surface area contributed by atoms with Crippen molar-refractivity contribution in [3.8, 4) is 5.19 Å². The van der Waals surface area contributed by atoms with Crippen LogP contribution in [0.4, 0.5) is 4.79 Å². The Kier molecular flexibility index (Phi) is 6.13. The van der Waals surface area contributed by atoms with Crippen LogP contribution in [0.15, 0.2) is 29.6 Å². The Bertz CT molecular complexity index is 962. The Morgan fingerprint density at radius 2 is 1.80 bits per heavy atom. The van der Waals surface area contributed by atoms with Crippen LogP contribution in [0.3, 0.4) is 0 Å². The van der Waals surface area contributed by atoms with Crippen molar-refractivity contribution >= 4 is 35.1 Å². The number of amidine groups is 1. The molecule has 1 aliphatic rings. The second kappa shape index (κ2) is 8.59. The van der Waals surface area contributed by atoms with Gasteiger partial charge in [0.25, 0.3) is 17.0 Å². The number of aromatic nitrogens is 1. The molecule has 2 N–H and O–H groups in total. The monoisotopic (exact) mass is 432 g/mol. The van der Waals surface area contributed by atoms with Crippen LogP contribution in [0.2, 0.25) is 0 Å². The van der Waals surface area contributed by atoms with Gasteiger partial charge in [0.2, 0.25) is 0 Å². The third-order valence-corrected chi connectivity index (χ3v) is 4.40. The summed E-state index contributed by atoms with van der Waals surface area (Å²) in [6.07, 6.45) is -0.752. The quantitative estimate of drug-likeness (QED) is 0.310. The molecule has 0 spiro atoms. The number of thiazole rings is 1. The maximum absolute atomic E-state index is 12.2. The zero-order valence-electron chi connectivity index (χ0n) is 16.6. The molecule has 30 heavy (non-hydrogen) atoms. The summed E-state index contributed by atoms with van der Waals surface area (Å²) < 4.78 is 10.5. The summed E-state index contributed by atoms with van der Waals surface area (Å²) in [5, 5.41) is 12.7. The third-order valence-electron chi connectivity index (χ3n) is 3.65. The Hall–Kier alpha value is -3.31. The first-order valence-corrected chi connectivity index (χ1v) is 9.81. The number of amides is 3. The number of nitrogens with one attached hydrogen (secondary N) is 2. The van der Waals surface area contributed by atoms with Gasteiger partial charge < -0.3 is 9.47 Å². The van der Waals surface area contributed by atoms with E-state index in [1.165, 1.54) is 0 Å². The van der Waals surface area contributed by atoms with Crippen LogP contribution in [0.1, 0.15) is 47.2 Å². The van der Waals surface area contributed by atoms with E-state index < -0.39 is 23.5 Å². The molecule has 2 aromatic rings. The van der Waals surface area contributed by atoms with Gasteiger partial charge in [-0.25, -0.2) is 4.79 Å². The minimum atomic E-state index is -0.752. The van der Waals surface area contributed by atoms with Gasteiger partial charge in [0.05, 0.1) is 11.1 Å². The van der Waals surface area contributed by atoms with Gasteiger partial charge in [-0.2, -0.15) is 4.98 Å². The SMILES string of the molecule is CC(C)(C)OC(=O)NC(=N)c1csc(OCCON2C(=O)c3ccccc3C2=O)n1. The number of benzene rings is 1. The third kappa shape index (κ3) is 4.99. The van der Waals surface area contributed by atoms with Gasteiger partial charge in [0.15, 0.2) is 5.84 Å². The van der Waals surface area contributed by atoms with Crippen molar-refractivity contribution < 1.29 is 28.7 Å². The van der Waals surface area contributed by atoms with Crippen molar-refractivity contribution in [2.45, 2.75) is 26.4 Å². The molecule has 0 fully saturated rings. The summed E-state index contributed by atoms with van der Waals surface area (Å²) in [7, 11) is 0. The molecule has 0 bridgehead atoms. The predicted octanol–water partition coefficient (Wildman–Crippen LogP) is 2.60. The van der Waals surface area contributed by atoms with E-state index in [1.54, 1.807) is 50.4 Å². The Labute approximate surface area is 176 Å². The molecule has 1 aromatic carbocycles. The highest BCUT2D eigenvalue weighted by molar-refractivity contribution is 7.11. The summed E-state index contributed by atoms with van der Waals surface area (Å²) >= 11 is 1.12. The van der Waals surface area contributed by atoms with E-state index in [9.17, 15) is 14.4 Å². The fourth-order valence-corrected chi connectivity index (χ4v) is 3.14. The lowest BCUT2D eigenvalue weighted by Crippen LogP contribution is -2.36. The van der Waals surface area contributed by atoms with E-state index in [-0.39, 0.29) is 29.9 Å². The van der Waals surface area contributed by atoms with E-state index in [0.717, 1.165) is 11.3 Å². The van der Waals surface area contributed by atoms with E-state index in [4.69, 9.17) is 19.7 Å². The molecule has 11 heteroatoms. The van der Waals surface area contributed by atoms with E-state index in [0.29, 0.717) is 16.2 Å². The number of ether oxygens (including phenoxy) is 2. The number of hydrogen-bond donors (Lipinski definition) is 2. The van der Waals surface area contributed by atoms with Crippen molar-refractivity contribution in [2.24, 2.45) is 0 Å². The lowest BCUT2D eigenvalue weighted by atomic mass is 10.1. The number of hydroxylamine groups is 2. The number of rotatable bonds is 6. The van der Waals surface area contributed by atoms with Crippen molar-refractivity contribution in [1.29, 1.82) is 5.41 Å². The standard InChI is InChI=1S/C19H20N4O6S/c1-19(2,3)29-17(26)22-14(20)13-10-30-18(21-13)27-8-9-28-23-15(24)11-6-4-5-7-12(11)16(23)25/h4-7,10H,8-9H2,1-3H3,(H2,20,22,26). The molecule has 0 unspecified atom stereocenters. The lowest BCUT2D eigenvalue weighted by Gasteiger charge is -2.19. The summed E-state index contributed by atoms with van der Waals surface area (Å²) in [6.45, 7) is 5.11. The molecule has 0 saturated heterocycles. The predicted molar refractivity (Wildman–Crippen MR) is 107 cm³/mol. The van der Waals surface area contributed by atoms with Gasteiger partial charge >= 0.3 is 6.09 Å². The molecular formula is C19H20N4O6S.